The summed E-state index contributed by atoms with van der Waals surface area (Å²) >= 11 is 0. The molecule has 0 aliphatic carbocycles. The lowest BCUT2D eigenvalue weighted by Crippen LogP contribution is -2.46. The van der Waals surface area contributed by atoms with Crippen LogP contribution in [0.5, 0.6) is 0 Å². The zero-order valence-corrected chi connectivity index (χ0v) is 15.9. The molecule has 2 heterocycles. The van der Waals surface area contributed by atoms with Crippen LogP contribution in [0.2, 0.25) is 0 Å². The number of nitrogens with zero attached hydrogens (tertiary/aromatic N) is 3. The molecule has 1 aromatic carbocycles. The van der Waals surface area contributed by atoms with Crippen LogP contribution in [0.3, 0.4) is 0 Å². The molecule has 0 saturated carbocycles. The van der Waals surface area contributed by atoms with Gasteiger partial charge in [-0.25, -0.2) is 0 Å². The van der Waals surface area contributed by atoms with Gasteiger partial charge in [-0.05, 0) is 24.1 Å². The van der Waals surface area contributed by atoms with Gasteiger partial charge in [0.25, 0.3) is 5.91 Å². The van der Waals surface area contributed by atoms with Gasteiger partial charge in [0.15, 0.2) is 0 Å². The van der Waals surface area contributed by atoms with Crippen molar-refractivity contribution >= 4 is 11.6 Å². The molecule has 1 aliphatic rings. The molecule has 27 heavy (non-hydrogen) atoms. The minimum Gasteiger partial charge on any atom is -0.385 e. The van der Waals surface area contributed by atoms with Crippen LogP contribution in [0.1, 0.15) is 22.5 Å². The Morgan fingerprint density at radius 3 is 2.67 bits per heavy atom. The molecule has 0 spiro atoms. The maximum absolute atomic E-state index is 12.3. The van der Waals surface area contributed by atoms with Crippen LogP contribution in [-0.2, 0) is 11.3 Å². The van der Waals surface area contributed by atoms with E-state index in [1.54, 1.807) is 13.3 Å². The van der Waals surface area contributed by atoms with Gasteiger partial charge >= 0.3 is 0 Å². The number of ether oxygens (including phenoxy) is 1. The van der Waals surface area contributed by atoms with Gasteiger partial charge in [0.2, 0.25) is 0 Å². The van der Waals surface area contributed by atoms with Gasteiger partial charge in [-0.15, -0.1) is 0 Å². The Bertz CT molecular complexity index is 715. The van der Waals surface area contributed by atoms with Crippen molar-refractivity contribution < 1.29 is 9.53 Å². The van der Waals surface area contributed by atoms with E-state index in [0.29, 0.717) is 18.8 Å². The van der Waals surface area contributed by atoms with E-state index in [4.69, 9.17) is 4.74 Å². The second-order valence-corrected chi connectivity index (χ2v) is 6.75. The van der Waals surface area contributed by atoms with E-state index in [0.717, 1.165) is 44.8 Å². The number of nitrogens with one attached hydrogen (secondary N) is 1. The summed E-state index contributed by atoms with van der Waals surface area (Å²) < 4.78 is 5.00. The van der Waals surface area contributed by atoms with Gasteiger partial charge < -0.3 is 15.0 Å². The minimum absolute atomic E-state index is 0.129. The molecular formula is C21H28N4O2. The smallest absolute Gasteiger partial charge is 0.269 e. The summed E-state index contributed by atoms with van der Waals surface area (Å²) in [6, 6.07) is 14.4. The topological polar surface area (TPSA) is 57.7 Å². The van der Waals surface area contributed by atoms with Crippen LogP contribution in [0.15, 0.2) is 48.7 Å². The van der Waals surface area contributed by atoms with E-state index in [1.807, 2.05) is 12.1 Å². The van der Waals surface area contributed by atoms with Crippen molar-refractivity contribution in [1.82, 2.24) is 15.2 Å². The third kappa shape index (κ3) is 5.77. The summed E-state index contributed by atoms with van der Waals surface area (Å²) in [6.45, 7) is 6.14. The number of methoxy groups -OCH3 is 1. The molecule has 3 rings (SSSR count). The maximum atomic E-state index is 12.3. The van der Waals surface area contributed by atoms with Crippen LogP contribution in [0.25, 0.3) is 0 Å². The number of benzene rings is 1. The molecule has 0 bridgehead atoms. The summed E-state index contributed by atoms with van der Waals surface area (Å²) in [4.78, 5) is 21.3. The molecular weight excluding hydrogens is 340 g/mol. The van der Waals surface area contributed by atoms with E-state index in [2.05, 4.69) is 50.4 Å². The lowest BCUT2D eigenvalue weighted by Gasteiger charge is -2.36. The van der Waals surface area contributed by atoms with Crippen LogP contribution in [0, 0.1) is 0 Å². The first-order valence-electron chi connectivity index (χ1n) is 9.50. The number of amides is 1. The van der Waals surface area contributed by atoms with Gasteiger partial charge in [0.1, 0.15) is 5.69 Å². The number of pyridine rings is 1. The van der Waals surface area contributed by atoms with Gasteiger partial charge in [0, 0.05) is 64.9 Å². The highest BCUT2D eigenvalue weighted by molar-refractivity contribution is 5.93. The fourth-order valence-corrected chi connectivity index (χ4v) is 3.26. The first kappa shape index (κ1) is 19.3. The Morgan fingerprint density at radius 1 is 1.15 bits per heavy atom. The van der Waals surface area contributed by atoms with Crippen molar-refractivity contribution in [1.29, 1.82) is 0 Å². The monoisotopic (exact) mass is 368 g/mol. The number of piperazine rings is 1. The average Bonchev–Trinajstić information content (AvgIpc) is 2.72. The summed E-state index contributed by atoms with van der Waals surface area (Å²) in [5.41, 5.74) is 2.88. The lowest BCUT2D eigenvalue weighted by atomic mass is 10.2. The Balaban J connectivity index is 1.51. The number of carbonyl (C=O) groups excluding carboxylic acids is 1. The fraction of sp³-hybridized carbons (Fsp3) is 0.429. The number of anilines is 1. The first-order chi connectivity index (χ1) is 13.3. The predicted octanol–water partition coefficient (Wildman–Crippen LogP) is 2.17. The highest BCUT2D eigenvalue weighted by Crippen LogP contribution is 2.18. The standard InChI is InChI=1S/C21H28N4O2/c1-27-15-5-9-23-21(26)20-16-19(8-10-22-20)25-13-11-24(12-14-25)17-18-6-3-2-4-7-18/h2-4,6-8,10,16H,5,9,11-15,17H2,1H3,(H,23,26). The van der Waals surface area contributed by atoms with Crippen molar-refractivity contribution in [3.05, 3.63) is 59.9 Å². The third-order valence-corrected chi connectivity index (χ3v) is 4.77. The van der Waals surface area contributed by atoms with Crippen LogP contribution >= 0.6 is 0 Å². The van der Waals surface area contributed by atoms with Crippen LogP contribution in [-0.4, -0.2) is 62.2 Å². The molecule has 1 aliphatic heterocycles. The molecule has 1 aromatic heterocycles. The number of rotatable bonds is 8. The highest BCUT2D eigenvalue weighted by Gasteiger charge is 2.18. The largest absolute Gasteiger partial charge is 0.385 e. The van der Waals surface area contributed by atoms with Crippen molar-refractivity contribution in [3.8, 4) is 0 Å². The van der Waals surface area contributed by atoms with E-state index >= 15 is 0 Å². The Kier molecular flexibility index (Phi) is 7.19. The van der Waals surface area contributed by atoms with Gasteiger partial charge in [-0.2, -0.15) is 0 Å². The van der Waals surface area contributed by atoms with Crippen LogP contribution in [0.4, 0.5) is 5.69 Å². The number of carbonyl (C=O) groups is 1. The first-order valence-corrected chi connectivity index (χ1v) is 9.50. The summed E-state index contributed by atoms with van der Waals surface area (Å²) in [5, 5.41) is 2.89. The molecule has 1 amide bonds. The molecule has 1 fully saturated rings. The SMILES string of the molecule is COCCCNC(=O)c1cc(N2CCN(Cc3ccccc3)CC2)ccn1. The second-order valence-electron chi connectivity index (χ2n) is 6.75. The van der Waals surface area contributed by atoms with E-state index in [9.17, 15) is 4.79 Å². The molecule has 6 nitrogen and oxygen atoms in total. The van der Waals surface area contributed by atoms with Crippen molar-refractivity contribution in [3.63, 3.8) is 0 Å². The summed E-state index contributed by atoms with van der Waals surface area (Å²) in [5.74, 6) is -0.129. The molecule has 2 aromatic rings. The third-order valence-electron chi connectivity index (χ3n) is 4.77. The Hall–Kier alpha value is -2.44. The molecule has 1 N–H and O–H groups in total. The maximum Gasteiger partial charge on any atom is 0.269 e. The van der Waals surface area contributed by atoms with Gasteiger partial charge in [-0.1, -0.05) is 30.3 Å². The highest BCUT2D eigenvalue weighted by atomic mass is 16.5. The van der Waals surface area contributed by atoms with Crippen molar-refractivity contribution in [2.24, 2.45) is 0 Å². The van der Waals surface area contributed by atoms with Gasteiger partial charge in [0.05, 0.1) is 0 Å². The van der Waals surface area contributed by atoms with E-state index in [-0.39, 0.29) is 5.91 Å². The van der Waals surface area contributed by atoms with Crippen molar-refractivity contribution in [2.75, 3.05) is 51.3 Å². The number of hydrogen-bond donors (Lipinski definition) is 1. The quantitative estimate of drug-likeness (QED) is 0.724. The molecule has 0 atom stereocenters. The zero-order valence-electron chi connectivity index (χ0n) is 15.9. The summed E-state index contributed by atoms with van der Waals surface area (Å²) in [6.07, 6.45) is 2.51. The fourth-order valence-electron chi connectivity index (χ4n) is 3.26. The normalized spacial score (nSPS) is 14.9. The average molecular weight is 368 g/mol. The molecule has 144 valence electrons. The van der Waals surface area contributed by atoms with E-state index in [1.165, 1.54) is 5.56 Å². The summed E-state index contributed by atoms with van der Waals surface area (Å²) in [7, 11) is 1.66. The molecule has 6 heteroatoms. The Morgan fingerprint density at radius 2 is 1.93 bits per heavy atom. The number of hydrogen-bond acceptors (Lipinski definition) is 5. The van der Waals surface area contributed by atoms with Crippen molar-refractivity contribution in [2.45, 2.75) is 13.0 Å². The second kappa shape index (κ2) is 10.0. The van der Waals surface area contributed by atoms with Crippen LogP contribution < -0.4 is 10.2 Å². The zero-order chi connectivity index (χ0) is 18.9. The molecule has 0 radical (unpaired) electrons. The minimum atomic E-state index is -0.129. The van der Waals surface area contributed by atoms with E-state index < -0.39 is 0 Å². The predicted molar refractivity (Wildman–Crippen MR) is 107 cm³/mol. The molecule has 0 unspecified atom stereocenters. The molecule has 1 saturated heterocycles. The van der Waals surface area contributed by atoms with Gasteiger partial charge in [-0.3, -0.25) is 14.7 Å². The Labute approximate surface area is 161 Å². The lowest BCUT2D eigenvalue weighted by molar-refractivity contribution is 0.0943. The number of aromatic nitrogens is 1.